The molecule has 1 unspecified atom stereocenters. The second kappa shape index (κ2) is 5.42. The van der Waals surface area contributed by atoms with Crippen LogP contribution >= 0.6 is 12.6 Å². The van der Waals surface area contributed by atoms with Crippen LogP contribution in [0.5, 0.6) is 5.75 Å². The smallest absolute Gasteiger partial charge is 0.118 e. The van der Waals surface area contributed by atoms with Gasteiger partial charge in [0.05, 0.1) is 12.7 Å². The number of ether oxygens (including phenoxy) is 1. The van der Waals surface area contributed by atoms with Gasteiger partial charge in [0.25, 0.3) is 0 Å². The van der Waals surface area contributed by atoms with Gasteiger partial charge in [-0.2, -0.15) is 12.6 Å². The SMILES string of the molecule is COc1ccc(C(C)(O)CCCS)cc1. The van der Waals surface area contributed by atoms with Crippen molar-refractivity contribution in [1.82, 2.24) is 0 Å². The summed E-state index contributed by atoms with van der Waals surface area (Å²) in [5, 5.41) is 10.2. The molecule has 0 aliphatic rings. The number of thiol groups is 1. The fourth-order valence-electron chi connectivity index (χ4n) is 1.52. The third-order valence-corrected chi connectivity index (χ3v) is 2.85. The molecule has 0 bridgehead atoms. The largest absolute Gasteiger partial charge is 0.497 e. The molecule has 1 aromatic rings. The van der Waals surface area contributed by atoms with Crippen molar-refractivity contribution < 1.29 is 9.84 Å². The van der Waals surface area contributed by atoms with Crippen LogP contribution in [0.3, 0.4) is 0 Å². The zero-order valence-corrected chi connectivity index (χ0v) is 10.1. The predicted octanol–water partition coefficient (Wildman–Crippen LogP) is 2.61. The molecule has 0 heterocycles. The van der Waals surface area contributed by atoms with E-state index in [1.807, 2.05) is 31.2 Å². The van der Waals surface area contributed by atoms with Crippen LogP contribution in [0.15, 0.2) is 24.3 Å². The van der Waals surface area contributed by atoms with E-state index in [0.717, 1.165) is 29.9 Å². The molecule has 0 aliphatic carbocycles. The predicted molar refractivity (Wildman–Crippen MR) is 65.7 cm³/mol. The van der Waals surface area contributed by atoms with Gasteiger partial charge in [-0.05, 0) is 43.2 Å². The highest BCUT2D eigenvalue weighted by Crippen LogP contribution is 2.27. The van der Waals surface area contributed by atoms with Gasteiger partial charge >= 0.3 is 0 Å². The first-order valence-corrected chi connectivity index (χ1v) is 5.71. The van der Waals surface area contributed by atoms with Gasteiger partial charge in [-0.15, -0.1) is 0 Å². The summed E-state index contributed by atoms with van der Waals surface area (Å²) in [5.74, 6) is 1.61. The molecule has 0 spiro atoms. The standard InChI is InChI=1S/C12H18O2S/c1-12(13,8-3-9-15)10-4-6-11(14-2)7-5-10/h4-7,13,15H,3,8-9H2,1-2H3. The summed E-state index contributed by atoms with van der Waals surface area (Å²) in [7, 11) is 1.63. The Morgan fingerprint density at radius 1 is 1.33 bits per heavy atom. The summed E-state index contributed by atoms with van der Waals surface area (Å²) < 4.78 is 5.07. The van der Waals surface area contributed by atoms with Crippen LogP contribution < -0.4 is 4.74 Å². The van der Waals surface area contributed by atoms with Gasteiger partial charge < -0.3 is 9.84 Å². The molecule has 1 N–H and O–H groups in total. The van der Waals surface area contributed by atoms with Gasteiger partial charge in [-0.25, -0.2) is 0 Å². The van der Waals surface area contributed by atoms with Crippen molar-refractivity contribution in [2.75, 3.05) is 12.9 Å². The van der Waals surface area contributed by atoms with E-state index in [9.17, 15) is 5.11 Å². The average Bonchev–Trinajstić information content (AvgIpc) is 2.26. The lowest BCUT2D eigenvalue weighted by molar-refractivity contribution is 0.0473. The molecule has 0 fully saturated rings. The molecule has 3 heteroatoms. The first-order chi connectivity index (χ1) is 7.10. The molecule has 1 rings (SSSR count). The van der Waals surface area contributed by atoms with Crippen LogP contribution in [0.1, 0.15) is 25.3 Å². The number of benzene rings is 1. The van der Waals surface area contributed by atoms with Crippen molar-refractivity contribution in [3.8, 4) is 5.75 Å². The quantitative estimate of drug-likeness (QED) is 0.756. The Balaban J connectivity index is 2.75. The molecule has 0 amide bonds. The minimum absolute atomic E-state index is 0.725. The maximum atomic E-state index is 10.2. The normalized spacial score (nSPS) is 14.7. The maximum Gasteiger partial charge on any atom is 0.118 e. The Kier molecular flexibility index (Phi) is 4.48. The van der Waals surface area contributed by atoms with E-state index < -0.39 is 5.60 Å². The highest BCUT2D eigenvalue weighted by molar-refractivity contribution is 7.80. The second-order valence-electron chi connectivity index (χ2n) is 3.83. The third-order valence-electron chi connectivity index (χ3n) is 2.53. The molecule has 0 radical (unpaired) electrons. The summed E-state index contributed by atoms with van der Waals surface area (Å²) >= 11 is 4.15. The molecule has 0 saturated carbocycles. The van der Waals surface area contributed by atoms with Gasteiger partial charge in [0.1, 0.15) is 5.75 Å². The topological polar surface area (TPSA) is 29.5 Å². The highest BCUT2D eigenvalue weighted by atomic mass is 32.1. The van der Waals surface area contributed by atoms with Crippen molar-refractivity contribution in [1.29, 1.82) is 0 Å². The highest BCUT2D eigenvalue weighted by Gasteiger charge is 2.21. The molecule has 15 heavy (non-hydrogen) atoms. The summed E-state index contributed by atoms with van der Waals surface area (Å²) in [6, 6.07) is 7.53. The number of aliphatic hydroxyl groups is 1. The van der Waals surface area contributed by atoms with Crippen LogP contribution in [0.2, 0.25) is 0 Å². The first kappa shape index (κ1) is 12.4. The van der Waals surface area contributed by atoms with Crippen molar-refractivity contribution >= 4 is 12.6 Å². The molecule has 0 saturated heterocycles. The lowest BCUT2D eigenvalue weighted by atomic mass is 9.91. The van der Waals surface area contributed by atoms with Crippen LogP contribution in [-0.2, 0) is 5.60 Å². The lowest BCUT2D eigenvalue weighted by Crippen LogP contribution is -2.21. The molecule has 84 valence electrons. The van der Waals surface area contributed by atoms with Crippen molar-refractivity contribution in [2.45, 2.75) is 25.4 Å². The Morgan fingerprint density at radius 3 is 2.40 bits per heavy atom. The van der Waals surface area contributed by atoms with Gasteiger partial charge in [-0.3, -0.25) is 0 Å². The van der Waals surface area contributed by atoms with Crippen LogP contribution in [-0.4, -0.2) is 18.0 Å². The maximum absolute atomic E-state index is 10.2. The molecular weight excluding hydrogens is 208 g/mol. The van der Waals surface area contributed by atoms with Crippen molar-refractivity contribution in [2.24, 2.45) is 0 Å². The molecule has 2 nitrogen and oxygen atoms in total. The molecule has 0 aromatic heterocycles. The number of rotatable bonds is 5. The van der Waals surface area contributed by atoms with Crippen molar-refractivity contribution in [3.05, 3.63) is 29.8 Å². The first-order valence-electron chi connectivity index (χ1n) is 5.08. The van der Waals surface area contributed by atoms with Crippen LogP contribution in [0, 0.1) is 0 Å². The Labute approximate surface area is 96.7 Å². The molecule has 1 aromatic carbocycles. The van der Waals surface area contributed by atoms with Gasteiger partial charge in [0.15, 0.2) is 0 Å². The van der Waals surface area contributed by atoms with Gasteiger partial charge in [0.2, 0.25) is 0 Å². The fraction of sp³-hybridized carbons (Fsp3) is 0.500. The second-order valence-corrected chi connectivity index (χ2v) is 4.28. The molecular formula is C12H18O2S. The lowest BCUT2D eigenvalue weighted by Gasteiger charge is -2.23. The monoisotopic (exact) mass is 226 g/mol. The van der Waals surface area contributed by atoms with Gasteiger partial charge in [-0.1, -0.05) is 12.1 Å². The zero-order chi connectivity index (χ0) is 11.3. The van der Waals surface area contributed by atoms with E-state index in [0.29, 0.717) is 0 Å². The Hall–Kier alpha value is -0.670. The Bertz CT molecular complexity index is 293. The fourth-order valence-corrected chi connectivity index (χ4v) is 1.68. The van der Waals surface area contributed by atoms with Crippen LogP contribution in [0.4, 0.5) is 0 Å². The number of methoxy groups -OCH3 is 1. The van der Waals surface area contributed by atoms with Crippen molar-refractivity contribution in [3.63, 3.8) is 0 Å². The summed E-state index contributed by atoms with van der Waals surface area (Å²) in [6.45, 7) is 1.83. The van der Waals surface area contributed by atoms with E-state index in [-0.39, 0.29) is 0 Å². The Morgan fingerprint density at radius 2 is 1.93 bits per heavy atom. The van der Waals surface area contributed by atoms with E-state index in [2.05, 4.69) is 12.6 Å². The minimum Gasteiger partial charge on any atom is -0.497 e. The molecule has 1 atom stereocenters. The van der Waals surface area contributed by atoms with E-state index in [1.165, 1.54) is 0 Å². The van der Waals surface area contributed by atoms with E-state index in [1.54, 1.807) is 7.11 Å². The summed E-state index contributed by atoms with van der Waals surface area (Å²) in [4.78, 5) is 0. The molecule has 0 aliphatic heterocycles. The summed E-state index contributed by atoms with van der Waals surface area (Å²) in [5.41, 5.74) is 0.153. The van der Waals surface area contributed by atoms with E-state index in [4.69, 9.17) is 4.74 Å². The summed E-state index contributed by atoms with van der Waals surface area (Å²) in [6.07, 6.45) is 1.63. The van der Waals surface area contributed by atoms with E-state index >= 15 is 0 Å². The third kappa shape index (κ3) is 3.43. The number of hydrogen-bond donors (Lipinski definition) is 2. The minimum atomic E-state index is -0.769. The zero-order valence-electron chi connectivity index (χ0n) is 9.23. The van der Waals surface area contributed by atoms with Crippen LogP contribution in [0.25, 0.3) is 0 Å². The average molecular weight is 226 g/mol. The van der Waals surface area contributed by atoms with Gasteiger partial charge in [0, 0.05) is 0 Å². The number of hydrogen-bond acceptors (Lipinski definition) is 3.